The number of hydrogen-bond acceptors (Lipinski definition) is 5. The van der Waals surface area contributed by atoms with E-state index in [4.69, 9.17) is 0 Å². The molecule has 0 radical (unpaired) electrons. The fourth-order valence-corrected chi connectivity index (χ4v) is 3.80. The molecule has 1 aliphatic heterocycles. The van der Waals surface area contributed by atoms with Gasteiger partial charge in [0, 0.05) is 43.3 Å². The van der Waals surface area contributed by atoms with Crippen molar-refractivity contribution in [3.05, 3.63) is 34.4 Å². The van der Waals surface area contributed by atoms with Gasteiger partial charge in [0.05, 0.1) is 12.1 Å². The second-order valence-electron chi connectivity index (χ2n) is 7.67. The molecule has 0 saturated carbocycles. The molecule has 28 heavy (non-hydrogen) atoms. The van der Waals surface area contributed by atoms with Crippen LogP contribution >= 0.6 is 0 Å². The van der Waals surface area contributed by atoms with E-state index in [0.717, 1.165) is 41.2 Å². The Labute approximate surface area is 165 Å². The highest BCUT2D eigenvalue weighted by Crippen LogP contribution is 2.23. The molecule has 0 N–H and O–H groups in total. The average molecular weight is 384 g/mol. The summed E-state index contributed by atoms with van der Waals surface area (Å²) in [5, 5.41) is 4.57. The van der Waals surface area contributed by atoms with Crippen molar-refractivity contribution >= 4 is 11.8 Å². The maximum Gasteiger partial charge on any atom is 0.251 e. The van der Waals surface area contributed by atoms with Gasteiger partial charge in [-0.1, -0.05) is 0 Å². The minimum absolute atomic E-state index is 0.0152. The molecular formula is C20H28N6O2. The Bertz CT molecular complexity index is 897. The highest BCUT2D eigenvalue weighted by atomic mass is 16.2. The van der Waals surface area contributed by atoms with Crippen LogP contribution in [0, 0.1) is 27.7 Å². The van der Waals surface area contributed by atoms with Gasteiger partial charge in [0.15, 0.2) is 0 Å². The highest BCUT2D eigenvalue weighted by Gasteiger charge is 2.35. The van der Waals surface area contributed by atoms with Crippen LogP contribution in [0.1, 0.15) is 41.2 Å². The number of likely N-dealkylation sites (N-methyl/N-ethyl adjacent to an activating group) is 1. The second kappa shape index (κ2) is 7.69. The molecule has 150 valence electrons. The molecule has 0 aromatic carbocycles. The molecule has 2 aromatic rings. The minimum Gasteiger partial charge on any atom is -0.347 e. The Hall–Kier alpha value is -2.77. The molecule has 0 aliphatic carbocycles. The van der Waals surface area contributed by atoms with E-state index in [0.29, 0.717) is 12.5 Å². The van der Waals surface area contributed by atoms with Gasteiger partial charge in [0.1, 0.15) is 6.04 Å². The zero-order valence-electron chi connectivity index (χ0n) is 17.5. The molecule has 1 unspecified atom stereocenters. The van der Waals surface area contributed by atoms with Gasteiger partial charge in [-0.15, -0.1) is 0 Å². The quantitative estimate of drug-likeness (QED) is 0.798. The Morgan fingerprint density at radius 2 is 1.79 bits per heavy atom. The highest BCUT2D eigenvalue weighted by molar-refractivity contribution is 5.89. The van der Waals surface area contributed by atoms with Crippen LogP contribution in [0.2, 0.25) is 0 Å². The first kappa shape index (κ1) is 20.0. The monoisotopic (exact) mass is 384 g/mol. The summed E-state index contributed by atoms with van der Waals surface area (Å²) in [6.07, 6.45) is 1.79. The van der Waals surface area contributed by atoms with Crippen LogP contribution < -0.4 is 0 Å². The van der Waals surface area contributed by atoms with E-state index in [1.54, 1.807) is 28.6 Å². The molecule has 8 heteroatoms. The predicted octanol–water partition coefficient (Wildman–Crippen LogP) is 1.52. The van der Waals surface area contributed by atoms with Crippen LogP contribution in [-0.4, -0.2) is 68.0 Å². The molecule has 2 aromatic heterocycles. The van der Waals surface area contributed by atoms with Crippen molar-refractivity contribution in [3.8, 4) is 5.95 Å². The molecule has 0 bridgehead atoms. The number of carbonyl (C=O) groups is 2. The maximum atomic E-state index is 13.0. The van der Waals surface area contributed by atoms with Crippen LogP contribution in [0.25, 0.3) is 5.95 Å². The van der Waals surface area contributed by atoms with Gasteiger partial charge in [-0.2, -0.15) is 5.10 Å². The zero-order valence-corrected chi connectivity index (χ0v) is 17.5. The first-order chi connectivity index (χ1) is 13.2. The Morgan fingerprint density at radius 3 is 2.39 bits per heavy atom. The smallest absolute Gasteiger partial charge is 0.251 e. The Morgan fingerprint density at radius 1 is 1.14 bits per heavy atom. The molecule has 1 fully saturated rings. The van der Waals surface area contributed by atoms with E-state index < -0.39 is 0 Å². The van der Waals surface area contributed by atoms with E-state index in [9.17, 15) is 9.59 Å². The van der Waals surface area contributed by atoms with Gasteiger partial charge >= 0.3 is 0 Å². The van der Waals surface area contributed by atoms with E-state index in [-0.39, 0.29) is 24.3 Å². The molecule has 1 saturated heterocycles. The van der Waals surface area contributed by atoms with Gasteiger partial charge in [0.2, 0.25) is 11.8 Å². The number of aromatic nitrogens is 4. The van der Waals surface area contributed by atoms with Crippen molar-refractivity contribution in [2.45, 2.75) is 53.0 Å². The van der Waals surface area contributed by atoms with Crippen LogP contribution in [0.3, 0.4) is 0 Å². The first-order valence-corrected chi connectivity index (χ1v) is 9.57. The third-order valence-electron chi connectivity index (χ3n) is 5.23. The number of hydrogen-bond donors (Lipinski definition) is 0. The summed E-state index contributed by atoms with van der Waals surface area (Å²) >= 11 is 0. The summed E-state index contributed by atoms with van der Waals surface area (Å²) in [6, 6.07) is 1.55. The van der Waals surface area contributed by atoms with E-state index in [1.807, 2.05) is 33.8 Å². The molecule has 8 nitrogen and oxygen atoms in total. The summed E-state index contributed by atoms with van der Waals surface area (Å²) in [5.74, 6) is 0.460. The van der Waals surface area contributed by atoms with Crippen molar-refractivity contribution in [3.63, 3.8) is 0 Å². The fraction of sp³-hybridized carbons (Fsp3) is 0.550. The predicted molar refractivity (Wildman–Crippen MR) is 105 cm³/mol. The van der Waals surface area contributed by atoms with Crippen LogP contribution in [-0.2, 0) is 16.0 Å². The Balaban J connectivity index is 1.86. The summed E-state index contributed by atoms with van der Waals surface area (Å²) < 4.78 is 1.70. The van der Waals surface area contributed by atoms with Gasteiger partial charge < -0.3 is 9.80 Å². The minimum atomic E-state index is -0.360. The number of nitrogens with zero attached hydrogens (tertiary/aromatic N) is 6. The second-order valence-corrected chi connectivity index (χ2v) is 7.67. The molecule has 2 amide bonds. The standard InChI is InChI=1S/C20H28N6O2/c1-12-10-13(2)22-20(21-12)26-15(4)16(14(3)23-26)11-18(27)25-9-7-8-17(25)19(28)24(5)6/h10,17H,7-9,11H2,1-6H3. The SMILES string of the molecule is Cc1cc(C)nc(-n2nc(C)c(CC(=O)N3CCCC3C(=O)N(C)C)c2C)n1. The number of aryl methyl sites for hydroxylation is 3. The largest absolute Gasteiger partial charge is 0.347 e. The first-order valence-electron chi connectivity index (χ1n) is 9.57. The summed E-state index contributed by atoms with van der Waals surface area (Å²) in [5.41, 5.74) is 4.24. The van der Waals surface area contributed by atoms with E-state index in [2.05, 4.69) is 15.1 Å². The topological polar surface area (TPSA) is 84.2 Å². The maximum absolute atomic E-state index is 13.0. The molecule has 1 aliphatic rings. The number of rotatable bonds is 4. The molecule has 3 rings (SSSR count). The van der Waals surface area contributed by atoms with Crippen LogP contribution in [0.5, 0.6) is 0 Å². The third kappa shape index (κ3) is 3.76. The van der Waals surface area contributed by atoms with Gasteiger partial charge in [-0.05, 0) is 46.6 Å². The summed E-state index contributed by atoms with van der Waals surface area (Å²) in [4.78, 5) is 37.6. The lowest BCUT2D eigenvalue weighted by Crippen LogP contribution is -2.46. The fourth-order valence-electron chi connectivity index (χ4n) is 3.80. The Kier molecular flexibility index (Phi) is 5.49. The van der Waals surface area contributed by atoms with Crippen LogP contribution in [0.15, 0.2) is 6.07 Å². The van der Waals surface area contributed by atoms with Crippen molar-refractivity contribution in [1.82, 2.24) is 29.5 Å². The molecule has 1 atom stereocenters. The normalized spacial score (nSPS) is 16.5. The lowest BCUT2D eigenvalue weighted by atomic mass is 10.1. The van der Waals surface area contributed by atoms with E-state index >= 15 is 0 Å². The van der Waals surface area contributed by atoms with Crippen LogP contribution in [0.4, 0.5) is 0 Å². The summed E-state index contributed by atoms with van der Waals surface area (Å²) in [6.45, 7) is 8.28. The van der Waals surface area contributed by atoms with Gasteiger partial charge in [0.25, 0.3) is 5.95 Å². The lowest BCUT2D eigenvalue weighted by Gasteiger charge is -2.26. The van der Waals surface area contributed by atoms with Crippen molar-refractivity contribution in [1.29, 1.82) is 0 Å². The average Bonchev–Trinajstić information content (AvgIpc) is 3.20. The molecular weight excluding hydrogens is 356 g/mol. The van der Waals surface area contributed by atoms with E-state index in [1.165, 1.54) is 0 Å². The van der Waals surface area contributed by atoms with Crippen molar-refractivity contribution in [2.24, 2.45) is 0 Å². The number of amides is 2. The third-order valence-corrected chi connectivity index (χ3v) is 5.23. The lowest BCUT2D eigenvalue weighted by molar-refractivity contribution is -0.141. The van der Waals surface area contributed by atoms with Crippen molar-refractivity contribution in [2.75, 3.05) is 20.6 Å². The van der Waals surface area contributed by atoms with Gasteiger partial charge in [-0.25, -0.2) is 14.6 Å². The zero-order chi connectivity index (χ0) is 20.6. The van der Waals surface area contributed by atoms with Gasteiger partial charge in [-0.3, -0.25) is 9.59 Å². The molecule has 3 heterocycles. The van der Waals surface area contributed by atoms with Crippen molar-refractivity contribution < 1.29 is 9.59 Å². The number of carbonyl (C=O) groups excluding carboxylic acids is 2. The summed E-state index contributed by atoms with van der Waals surface area (Å²) in [7, 11) is 3.46. The molecule has 0 spiro atoms. The number of likely N-dealkylation sites (tertiary alicyclic amines) is 1.